The molecule has 1 aromatic heterocycles. The van der Waals surface area contributed by atoms with Crippen molar-refractivity contribution in [1.82, 2.24) is 14.9 Å². The van der Waals surface area contributed by atoms with E-state index in [1.54, 1.807) is 23.1 Å². The summed E-state index contributed by atoms with van der Waals surface area (Å²) >= 11 is 12.1. The number of carbonyl (C=O) groups excluding carboxylic acids is 1. The van der Waals surface area contributed by atoms with Crippen LogP contribution in [0.3, 0.4) is 0 Å². The predicted molar refractivity (Wildman–Crippen MR) is 100.0 cm³/mol. The van der Waals surface area contributed by atoms with Crippen molar-refractivity contribution in [3.63, 3.8) is 0 Å². The molecule has 0 aliphatic carbocycles. The number of amides is 1. The lowest BCUT2D eigenvalue weighted by atomic mass is 10.1. The van der Waals surface area contributed by atoms with Gasteiger partial charge in [-0.25, -0.2) is 9.97 Å². The van der Waals surface area contributed by atoms with E-state index < -0.39 is 0 Å². The topological polar surface area (TPSA) is 58.6 Å². The lowest BCUT2D eigenvalue weighted by Gasteiger charge is -2.31. The first-order valence-electron chi connectivity index (χ1n) is 8.53. The van der Waals surface area contributed by atoms with Crippen molar-refractivity contribution in [1.29, 1.82) is 0 Å². The Kier molecular flexibility index (Phi) is 4.98. The molecular formula is C18H18Cl2N4O2. The number of hydrogen-bond acceptors (Lipinski definition) is 5. The number of aromatic nitrogens is 2. The highest BCUT2D eigenvalue weighted by molar-refractivity contribution is 6.36. The lowest BCUT2D eigenvalue weighted by molar-refractivity contribution is 0.0732. The van der Waals surface area contributed by atoms with Crippen LogP contribution in [0.15, 0.2) is 24.4 Å². The van der Waals surface area contributed by atoms with Crippen LogP contribution in [-0.2, 0) is 17.7 Å². The minimum absolute atomic E-state index is 0.108. The van der Waals surface area contributed by atoms with Crippen LogP contribution in [0.25, 0.3) is 0 Å². The number of anilines is 1. The Hall–Kier alpha value is -1.89. The van der Waals surface area contributed by atoms with Crippen molar-refractivity contribution in [2.24, 2.45) is 0 Å². The molecule has 2 aromatic rings. The number of hydrogen-bond donors (Lipinski definition) is 0. The fourth-order valence-corrected chi connectivity index (χ4v) is 3.70. The van der Waals surface area contributed by atoms with Crippen LogP contribution >= 0.6 is 23.2 Å². The fourth-order valence-electron chi connectivity index (χ4n) is 3.21. The zero-order valence-electron chi connectivity index (χ0n) is 14.1. The van der Waals surface area contributed by atoms with Crippen LogP contribution in [0.2, 0.25) is 10.0 Å². The third-order valence-corrected chi connectivity index (χ3v) is 5.22. The SMILES string of the molecule is O=C(c1ccc(Cl)cc1Cl)N1CCc2cnc(N3CCOCC3)nc2C1. The van der Waals surface area contributed by atoms with Gasteiger partial charge in [0.15, 0.2) is 0 Å². The number of halogens is 2. The maximum absolute atomic E-state index is 12.9. The molecule has 136 valence electrons. The molecule has 2 aliphatic rings. The van der Waals surface area contributed by atoms with Crippen LogP contribution in [0, 0.1) is 0 Å². The van der Waals surface area contributed by atoms with E-state index >= 15 is 0 Å². The zero-order valence-corrected chi connectivity index (χ0v) is 15.6. The summed E-state index contributed by atoms with van der Waals surface area (Å²) < 4.78 is 5.38. The second-order valence-electron chi connectivity index (χ2n) is 6.34. The van der Waals surface area contributed by atoms with E-state index in [4.69, 9.17) is 32.9 Å². The van der Waals surface area contributed by atoms with Gasteiger partial charge in [-0.15, -0.1) is 0 Å². The van der Waals surface area contributed by atoms with E-state index in [-0.39, 0.29) is 5.91 Å². The van der Waals surface area contributed by atoms with Crippen LogP contribution in [0.1, 0.15) is 21.6 Å². The standard InChI is InChI=1S/C18H18Cl2N4O2/c19-13-1-2-14(15(20)9-13)17(25)24-4-3-12-10-21-18(22-16(12)11-24)23-5-7-26-8-6-23/h1-2,9-10H,3-8,11H2. The van der Waals surface area contributed by atoms with Crippen LogP contribution in [0.4, 0.5) is 5.95 Å². The molecule has 1 saturated heterocycles. The van der Waals surface area contributed by atoms with Gasteiger partial charge in [0.1, 0.15) is 0 Å². The molecule has 6 nitrogen and oxygen atoms in total. The minimum Gasteiger partial charge on any atom is -0.378 e. The molecule has 2 aliphatic heterocycles. The Balaban J connectivity index is 1.55. The normalized spacial score (nSPS) is 17.2. The Bertz CT molecular complexity index is 840. The van der Waals surface area contributed by atoms with Crippen molar-refractivity contribution < 1.29 is 9.53 Å². The Labute approximate surface area is 161 Å². The first-order valence-corrected chi connectivity index (χ1v) is 9.29. The Morgan fingerprint density at radius 3 is 2.73 bits per heavy atom. The number of benzene rings is 1. The minimum atomic E-state index is -0.108. The van der Waals surface area contributed by atoms with E-state index in [1.807, 2.05) is 6.20 Å². The largest absolute Gasteiger partial charge is 0.378 e. The number of fused-ring (bicyclic) bond motifs is 1. The molecule has 0 spiro atoms. The summed E-state index contributed by atoms with van der Waals surface area (Å²) in [5.74, 6) is 0.592. The van der Waals surface area contributed by atoms with Crippen LogP contribution < -0.4 is 4.90 Å². The monoisotopic (exact) mass is 392 g/mol. The van der Waals surface area contributed by atoms with Gasteiger partial charge in [-0.2, -0.15) is 0 Å². The van der Waals surface area contributed by atoms with Gasteiger partial charge >= 0.3 is 0 Å². The summed E-state index contributed by atoms with van der Waals surface area (Å²) in [6.45, 7) is 3.99. The van der Waals surface area contributed by atoms with Crippen molar-refractivity contribution in [2.45, 2.75) is 13.0 Å². The first kappa shape index (κ1) is 17.5. The third-order valence-electron chi connectivity index (χ3n) is 4.68. The molecule has 0 N–H and O–H groups in total. The van der Waals surface area contributed by atoms with Gasteiger partial charge in [-0.05, 0) is 30.2 Å². The van der Waals surface area contributed by atoms with Gasteiger partial charge in [0.25, 0.3) is 5.91 Å². The molecule has 26 heavy (non-hydrogen) atoms. The highest BCUT2D eigenvalue weighted by atomic mass is 35.5. The number of ether oxygens (including phenoxy) is 1. The molecule has 8 heteroatoms. The predicted octanol–water partition coefficient (Wildman–Crippen LogP) is 2.82. The van der Waals surface area contributed by atoms with Crippen molar-refractivity contribution in [2.75, 3.05) is 37.7 Å². The highest BCUT2D eigenvalue weighted by Gasteiger charge is 2.25. The van der Waals surface area contributed by atoms with Gasteiger partial charge in [0.2, 0.25) is 5.95 Å². The van der Waals surface area contributed by atoms with E-state index in [9.17, 15) is 4.79 Å². The molecule has 1 amide bonds. The average Bonchev–Trinajstić information content (AvgIpc) is 2.67. The summed E-state index contributed by atoms with van der Waals surface area (Å²) in [6.07, 6.45) is 2.61. The summed E-state index contributed by atoms with van der Waals surface area (Å²) in [5.41, 5.74) is 2.45. The summed E-state index contributed by atoms with van der Waals surface area (Å²) in [6, 6.07) is 4.94. The number of nitrogens with zero attached hydrogens (tertiary/aromatic N) is 4. The second kappa shape index (κ2) is 7.39. The van der Waals surface area contributed by atoms with E-state index in [1.165, 1.54) is 0 Å². The summed E-state index contributed by atoms with van der Waals surface area (Å²) in [5, 5.41) is 0.878. The van der Waals surface area contributed by atoms with Crippen molar-refractivity contribution in [3.8, 4) is 0 Å². The third kappa shape index (κ3) is 3.49. The smallest absolute Gasteiger partial charge is 0.255 e. The Morgan fingerprint density at radius 2 is 1.96 bits per heavy atom. The molecule has 0 unspecified atom stereocenters. The summed E-state index contributed by atoms with van der Waals surface area (Å²) in [4.78, 5) is 25.9. The van der Waals surface area contributed by atoms with Crippen LogP contribution in [0.5, 0.6) is 0 Å². The van der Waals surface area contributed by atoms with Crippen molar-refractivity contribution in [3.05, 3.63) is 51.3 Å². The zero-order chi connectivity index (χ0) is 18.1. The van der Waals surface area contributed by atoms with E-state index in [0.717, 1.165) is 30.8 Å². The van der Waals surface area contributed by atoms with Crippen LogP contribution in [-0.4, -0.2) is 53.6 Å². The van der Waals surface area contributed by atoms with E-state index in [0.29, 0.717) is 47.9 Å². The molecule has 0 radical (unpaired) electrons. The molecule has 3 heterocycles. The van der Waals surface area contributed by atoms with Gasteiger partial charge in [0, 0.05) is 30.9 Å². The Morgan fingerprint density at radius 1 is 1.15 bits per heavy atom. The highest BCUT2D eigenvalue weighted by Crippen LogP contribution is 2.25. The molecule has 0 atom stereocenters. The molecule has 0 saturated carbocycles. The molecule has 4 rings (SSSR count). The molecule has 0 bridgehead atoms. The van der Waals surface area contributed by atoms with Gasteiger partial charge in [-0.1, -0.05) is 23.2 Å². The van der Waals surface area contributed by atoms with Crippen molar-refractivity contribution >= 4 is 35.1 Å². The lowest BCUT2D eigenvalue weighted by Crippen LogP contribution is -2.39. The fraction of sp³-hybridized carbons (Fsp3) is 0.389. The first-order chi connectivity index (χ1) is 12.6. The van der Waals surface area contributed by atoms with Gasteiger partial charge in [0.05, 0.1) is 36.0 Å². The van der Waals surface area contributed by atoms with Gasteiger partial charge < -0.3 is 14.5 Å². The maximum atomic E-state index is 12.9. The number of carbonyl (C=O) groups is 1. The molecule has 1 fully saturated rings. The maximum Gasteiger partial charge on any atom is 0.255 e. The molecular weight excluding hydrogens is 375 g/mol. The average molecular weight is 393 g/mol. The molecule has 1 aromatic carbocycles. The second-order valence-corrected chi connectivity index (χ2v) is 7.19. The number of morpholine rings is 1. The van der Waals surface area contributed by atoms with Gasteiger partial charge in [-0.3, -0.25) is 4.79 Å². The van der Waals surface area contributed by atoms with E-state index in [2.05, 4.69) is 9.88 Å². The quantitative estimate of drug-likeness (QED) is 0.786. The number of rotatable bonds is 2. The summed E-state index contributed by atoms with van der Waals surface area (Å²) in [7, 11) is 0.